The average Bonchev–Trinajstić information content (AvgIpc) is 4.01. The second-order valence-corrected chi connectivity index (χ2v) is 17.4. The van der Waals surface area contributed by atoms with Gasteiger partial charge in [-0.15, -0.1) is 0 Å². The predicted octanol–water partition coefficient (Wildman–Crippen LogP) is 15.1. The fourth-order valence-electron chi connectivity index (χ4n) is 8.99. The number of allylic oxidation sites excluding steroid dienone is 9. The third-order valence-corrected chi connectivity index (χ3v) is 14.4. The fourth-order valence-corrected chi connectivity index (χ4v) is 11.5. The molecule has 0 N–H and O–H groups in total. The van der Waals surface area contributed by atoms with E-state index in [2.05, 4.69) is 188 Å². The summed E-state index contributed by atoms with van der Waals surface area (Å²) in [6.07, 6.45) is 13.9. The second kappa shape index (κ2) is 15.7. The lowest BCUT2D eigenvalue weighted by Crippen LogP contribution is -2.17. The van der Waals surface area contributed by atoms with Crippen LogP contribution in [0.2, 0.25) is 0 Å². The monoisotopic (exact) mass is 770 g/mol. The Kier molecular flexibility index (Phi) is 9.79. The predicted molar refractivity (Wildman–Crippen MR) is 247 cm³/mol. The van der Waals surface area contributed by atoms with E-state index in [1.807, 2.05) is 23.1 Å². The van der Waals surface area contributed by atoms with Gasteiger partial charge in [0, 0.05) is 51.0 Å². The Balaban J connectivity index is 1.11. The summed E-state index contributed by atoms with van der Waals surface area (Å²) < 4.78 is 0. The van der Waals surface area contributed by atoms with Crippen molar-refractivity contribution in [3.05, 3.63) is 230 Å². The number of benzene rings is 5. The van der Waals surface area contributed by atoms with Crippen LogP contribution in [0.4, 0.5) is 5.69 Å². The number of thioether (sulfide) groups is 1. The molecule has 3 heteroatoms. The lowest BCUT2D eigenvalue weighted by Gasteiger charge is -2.24. The second-order valence-electron chi connectivity index (χ2n) is 15.3. The van der Waals surface area contributed by atoms with E-state index < -0.39 is 0 Å². The first-order valence-electron chi connectivity index (χ1n) is 20.2. The van der Waals surface area contributed by atoms with Crippen LogP contribution in [0.3, 0.4) is 0 Å². The van der Waals surface area contributed by atoms with Gasteiger partial charge in [0.05, 0.1) is 0 Å². The Morgan fingerprint density at radius 1 is 0.544 bits per heavy atom. The SMILES string of the molecule is CN(C1=C(/C=C2\CCc3c(-c4ccccc4)cc(-c4ccccc4)[s+]c32)CC/C1=C\C1=C2SC(c3ccccc3)=CC(c3ccccc3)=C2CC1)c1ccccc1. The molecule has 0 radical (unpaired) electrons. The maximum absolute atomic E-state index is 2.58. The Bertz CT molecular complexity index is 2660. The van der Waals surface area contributed by atoms with E-state index in [4.69, 9.17) is 0 Å². The number of para-hydroxylation sites is 1. The first-order chi connectivity index (χ1) is 28.2. The van der Waals surface area contributed by atoms with Crippen molar-refractivity contribution in [1.29, 1.82) is 0 Å². The van der Waals surface area contributed by atoms with Crippen molar-refractivity contribution in [1.82, 2.24) is 0 Å². The van der Waals surface area contributed by atoms with Crippen molar-refractivity contribution in [2.45, 2.75) is 38.5 Å². The van der Waals surface area contributed by atoms with Crippen LogP contribution in [0.15, 0.2) is 209 Å². The molecule has 10 rings (SSSR count). The topological polar surface area (TPSA) is 3.24 Å². The van der Waals surface area contributed by atoms with Crippen LogP contribution in [-0.2, 0) is 6.42 Å². The Morgan fingerprint density at radius 3 is 1.79 bits per heavy atom. The highest BCUT2D eigenvalue weighted by molar-refractivity contribution is 8.12. The highest BCUT2D eigenvalue weighted by Crippen LogP contribution is 2.54. The van der Waals surface area contributed by atoms with Crippen molar-refractivity contribution in [2.75, 3.05) is 11.9 Å². The summed E-state index contributed by atoms with van der Waals surface area (Å²) in [5, 5.41) is 0. The van der Waals surface area contributed by atoms with Crippen LogP contribution in [0.5, 0.6) is 0 Å². The Hall–Kier alpha value is -5.74. The number of anilines is 1. The van der Waals surface area contributed by atoms with Crippen molar-refractivity contribution < 1.29 is 0 Å². The van der Waals surface area contributed by atoms with E-state index in [0.717, 1.165) is 38.5 Å². The normalized spacial score (nSPS) is 17.7. The molecule has 0 atom stereocenters. The zero-order chi connectivity index (χ0) is 38.1. The van der Waals surface area contributed by atoms with Crippen molar-refractivity contribution in [3.63, 3.8) is 0 Å². The summed E-state index contributed by atoms with van der Waals surface area (Å²) in [6, 6.07) is 57.2. The number of hydrogen-bond acceptors (Lipinski definition) is 2. The molecule has 0 fully saturated rings. The average molecular weight is 771 g/mol. The lowest BCUT2D eigenvalue weighted by atomic mass is 9.97. The fraction of sp³-hybridized carbons (Fsp3) is 0.130. The summed E-state index contributed by atoms with van der Waals surface area (Å²) >= 11 is 3.93. The molecule has 6 aromatic rings. The van der Waals surface area contributed by atoms with Crippen LogP contribution in [0.1, 0.15) is 53.7 Å². The first kappa shape index (κ1) is 35.7. The van der Waals surface area contributed by atoms with E-state index >= 15 is 0 Å². The molecule has 0 unspecified atom stereocenters. The maximum Gasteiger partial charge on any atom is 0.239 e. The number of hydrogen-bond donors (Lipinski definition) is 0. The lowest BCUT2D eigenvalue weighted by molar-refractivity contribution is 1.00. The third-order valence-electron chi connectivity index (χ3n) is 11.8. The zero-order valence-electron chi connectivity index (χ0n) is 32.2. The molecule has 1 aliphatic heterocycles. The van der Waals surface area contributed by atoms with Gasteiger partial charge < -0.3 is 4.90 Å². The van der Waals surface area contributed by atoms with E-state index in [9.17, 15) is 0 Å². The van der Waals surface area contributed by atoms with Crippen molar-refractivity contribution in [3.8, 4) is 21.6 Å². The maximum atomic E-state index is 2.58. The van der Waals surface area contributed by atoms with Crippen LogP contribution >= 0.6 is 23.1 Å². The molecule has 2 heterocycles. The molecule has 0 bridgehead atoms. The smallest absolute Gasteiger partial charge is 0.239 e. The van der Waals surface area contributed by atoms with Gasteiger partial charge in [0.1, 0.15) is 0 Å². The van der Waals surface area contributed by atoms with Crippen LogP contribution < -0.4 is 4.90 Å². The van der Waals surface area contributed by atoms with Crippen LogP contribution in [0.25, 0.3) is 37.6 Å². The molecule has 1 aromatic heterocycles. The van der Waals surface area contributed by atoms with E-state index in [1.54, 1.807) is 0 Å². The van der Waals surface area contributed by atoms with Gasteiger partial charge in [-0.05, 0) is 125 Å². The van der Waals surface area contributed by atoms with Gasteiger partial charge in [-0.3, -0.25) is 0 Å². The quantitative estimate of drug-likeness (QED) is 0.142. The molecule has 5 aromatic carbocycles. The van der Waals surface area contributed by atoms with Crippen LogP contribution in [0, 0.1) is 0 Å². The molecule has 0 saturated heterocycles. The zero-order valence-corrected chi connectivity index (χ0v) is 33.9. The molecule has 3 aliphatic carbocycles. The standard InChI is InChI=1S/C54H44NS2/c1-55(45-25-15-6-16-26-45)52-41(33-43-29-31-46-48(37-17-7-2-8-18-37)35-50(56-53(43)46)39-21-11-4-12-22-39)27-28-42(52)34-44-30-32-47-49(38-19-9-3-10-20-38)36-51(57-54(44)47)40-23-13-5-14-24-40/h2-26,33-36H,27-32H2,1H3/q+1. The molecule has 4 aliphatic rings. The van der Waals surface area contributed by atoms with Gasteiger partial charge in [0.25, 0.3) is 0 Å². The number of rotatable bonds is 8. The summed E-state index contributed by atoms with van der Waals surface area (Å²) in [5.74, 6) is 0. The number of fused-ring (bicyclic) bond motifs is 2. The Morgan fingerprint density at radius 2 is 1.11 bits per heavy atom. The minimum atomic E-state index is 1.04. The molecule has 276 valence electrons. The van der Waals surface area contributed by atoms with Gasteiger partial charge in [-0.1, -0.05) is 145 Å². The molecular weight excluding hydrogens is 727 g/mol. The molecular formula is C54H44NS2+. The van der Waals surface area contributed by atoms with Crippen molar-refractivity contribution in [2.24, 2.45) is 0 Å². The Labute approximate surface area is 345 Å². The molecule has 0 saturated carbocycles. The van der Waals surface area contributed by atoms with Crippen molar-refractivity contribution >= 4 is 44.8 Å². The number of likely N-dealkylation sites (N-methyl/N-ethyl adjacent to an activating group) is 1. The van der Waals surface area contributed by atoms with Gasteiger partial charge >= 0.3 is 0 Å². The summed E-state index contributed by atoms with van der Waals surface area (Å²) in [7, 11) is 2.27. The molecule has 0 amide bonds. The van der Waals surface area contributed by atoms with Gasteiger partial charge in [-0.2, -0.15) is 0 Å². The molecule has 57 heavy (non-hydrogen) atoms. The highest BCUT2D eigenvalue weighted by Gasteiger charge is 2.34. The largest absolute Gasteiger partial charge is 0.344 e. The minimum absolute atomic E-state index is 1.04. The summed E-state index contributed by atoms with van der Waals surface area (Å²) in [6.45, 7) is 0. The van der Waals surface area contributed by atoms with Gasteiger partial charge in [0.2, 0.25) is 21.1 Å². The number of nitrogens with zero attached hydrogens (tertiary/aromatic N) is 1. The van der Waals surface area contributed by atoms with E-state index in [0.29, 0.717) is 0 Å². The summed E-state index contributed by atoms with van der Waals surface area (Å²) in [5.41, 5.74) is 19.3. The third kappa shape index (κ3) is 7.01. The summed E-state index contributed by atoms with van der Waals surface area (Å²) in [4.78, 5) is 8.00. The van der Waals surface area contributed by atoms with E-state index in [-0.39, 0.29) is 0 Å². The first-order valence-corrected chi connectivity index (χ1v) is 21.8. The van der Waals surface area contributed by atoms with Crippen LogP contribution in [-0.4, -0.2) is 7.05 Å². The van der Waals surface area contributed by atoms with E-state index in [1.165, 1.54) is 97.8 Å². The molecule has 1 nitrogen and oxygen atoms in total. The van der Waals surface area contributed by atoms with Gasteiger partial charge in [-0.25, -0.2) is 0 Å². The van der Waals surface area contributed by atoms with Gasteiger partial charge in [0.15, 0.2) is 0 Å². The molecule has 0 spiro atoms. The minimum Gasteiger partial charge on any atom is -0.344 e. The highest BCUT2D eigenvalue weighted by atomic mass is 32.2.